The van der Waals surface area contributed by atoms with E-state index in [2.05, 4.69) is 16.8 Å². The number of aromatic nitrogens is 1. The monoisotopic (exact) mass is 395 g/mol. The molecule has 1 aromatic heterocycles. The number of fused-ring (bicyclic) bond motifs is 2. The summed E-state index contributed by atoms with van der Waals surface area (Å²) in [6, 6.07) is 3.79. The van der Waals surface area contributed by atoms with Gasteiger partial charge < -0.3 is 18.6 Å². The number of ketones is 1. The van der Waals surface area contributed by atoms with Crippen molar-refractivity contribution in [3.05, 3.63) is 52.7 Å². The van der Waals surface area contributed by atoms with E-state index in [0.717, 1.165) is 16.7 Å². The molecule has 1 fully saturated rings. The Morgan fingerprint density at radius 3 is 2.79 bits per heavy atom. The topological polar surface area (TPSA) is 87.9 Å². The number of esters is 1. The third-order valence-corrected chi connectivity index (χ3v) is 5.23. The van der Waals surface area contributed by atoms with Crippen LogP contribution < -0.4 is 0 Å². The molecular weight excluding hydrogens is 374 g/mol. The molecule has 0 amide bonds. The molecule has 1 unspecified atom stereocenters. The predicted molar refractivity (Wildman–Crippen MR) is 101 cm³/mol. The van der Waals surface area contributed by atoms with Crippen LogP contribution in [0.3, 0.4) is 0 Å². The zero-order chi connectivity index (χ0) is 20.4. The van der Waals surface area contributed by atoms with Gasteiger partial charge in [-0.25, -0.2) is 9.78 Å². The molecule has 1 saturated heterocycles. The minimum atomic E-state index is -0.788. The highest BCUT2D eigenvalue weighted by atomic mass is 16.7. The Bertz CT molecular complexity index is 992. The maximum absolute atomic E-state index is 13.3. The molecule has 1 aliphatic heterocycles. The van der Waals surface area contributed by atoms with Gasteiger partial charge in [-0.05, 0) is 31.4 Å². The van der Waals surface area contributed by atoms with E-state index < -0.39 is 11.8 Å². The zero-order valence-electron chi connectivity index (χ0n) is 16.3. The van der Waals surface area contributed by atoms with E-state index >= 15 is 0 Å². The van der Waals surface area contributed by atoms with E-state index in [9.17, 15) is 9.59 Å². The van der Waals surface area contributed by atoms with Crippen molar-refractivity contribution in [2.24, 2.45) is 0 Å². The molecule has 4 rings (SSSR count). The smallest absolute Gasteiger partial charge is 0.384 e. The molecule has 1 atom stereocenters. The van der Waals surface area contributed by atoms with Crippen molar-refractivity contribution >= 4 is 11.8 Å². The minimum absolute atomic E-state index is 0.152. The first-order valence-corrected chi connectivity index (χ1v) is 9.61. The Balaban J connectivity index is 1.80. The number of carbonyl (C=O) groups is 2. The fourth-order valence-electron chi connectivity index (χ4n) is 3.95. The zero-order valence-corrected chi connectivity index (χ0v) is 16.3. The lowest BCUT2D eigenvalue weighted by Crippen LogP contribution is -2.24. The Kier molecular flexibility index (Phi) is 5.22. The fraction of sp³-hybridized carbons (Fsp3) is 0.409. The number of hydrogen-bond acceptors (Lipinski definition) is 7. The Labute approximate surface area is 168 Å². The second-order valence-electron chi connectivity index (χ2n) is 6.91. The summed E-state index contributed by atoms with van der Waals surface area (Å²) in [5.74, 6) is 3.52. The molecule has 29 heavy (non-hydrogen) atoms. The molecule has 1 spiro atoms. The van der Waals surface area contributed by atoms with Crippen molar-refractivity contribution < 1.29 is 28.2 Å². The van der Waals surface area contributed by atoms with E-state index in [0.29, 0.717) is 31.6 Å². The molecule has 7 nitrogen and oxygen atoms in total. The molecule has 7 heteroatoms. The average Bonchev–Trinajstić information content (AvgIpc) is 3.48. The SMILES string of the molecule is CCOC(=O)C#CC(C)c1ccc2c(c1C(=O)c1cnco1)CCC21OCCO1. The number of carbonyl (C=O) groups excluding carboxylic acids is 2. The van der Waals surface area contributed by atoms with E-state index in [1.165, 1.54) is 12.6 Å². The summed E-state index contributed by atoms with van der Waals surface area (Å²) in [6.45, 7) is 4.87. The van der Waals surface area contributed by atoms with Crippen LogP contribution in [0.1, 0.15) is 59.0 Å². The van der Waals surface area contributed by atoms with Crippen LogP contribution in [0.4, 0.5) is 0 Å². The van der Waals surface area contributed by atoms with Crippen LogP contribution in [0.15, 0.2) is 29.1 Å². The van der Waals surface area contributed by atoms with Crippen LogP contribution in [0.5, 0.6) is 0 Å². The number of ether oxygens (including phenoxy) is 3. The van der Waals surface area contributed by atoms with E-state index in [1.54, 1.807) is 6.92 Å². The summed E-state index contributed by atoms with van der Waals surface area (Å²) in [6.07, 6.45) is 3.90. The van der Waals surface area contributed by atoms with Crippen LogP contribution in [0.2, 0.25) is 0 Å². The van der Waals surface area contributed by atoms with Gasteiger partial charge in [-0.3, -0.25) is 4.79 Å². The quantitative estimate of drug-likeness (QED) is 0.340. The lowest BCUT2D eigenvalue weighted by molar-refractivity contribution is -0.163. The highest BCUT2D eigenvalue weighted by molar-refractivity contribution is 6.09. The summed E-state index contributed by atoms with van der Waals surface area (Å²) in [4.78, 5) is 28.8. The highest BCUT2D eigenvalue weighted by Gasteiger charge is 2.46. The molecular formula is C22H21NO6. The number of hydrogen-bond donors (Lipinski definition) is 0. The summed E-state index contributed by atoms with van der Waals surface area (Å²) < 4.78 is 21.9. The number of nitrogens with zero attached hydrogens (tertiary/aromatic N) is 1. The summed E-state index contributed by atoms with van der Waals surface area (Å²) in [5, 5.41) is 0. The van der Waals surface area contributed by atoms with Gasteiger partial charge in [-0.15, -0.1) is 0 Å². The Morgan fingerprint density at radius 1 is 1.31 bits per heavy atom. The van der Waals surface area contributed by atoms with E-state index in [1.807, 2.05) is 19.1 Å². The molecule has 0 radical (unpaired) electrons. The van der Waals surface area contributed by atoms with Crippen LogP contribution in [-0.2, 0) is 31.2 Å². The molecule has 0 saturated carbocycles. The van der Waals surface area contributed by atoms with Crippen molar-refractivity contribution in [1.82, 2.24) is 4.98 Å². The molecule has 2 heterocycles. The van der Waals surface area contributed by atoms with Crippen molar-refractivity contribution in [2.45, 2.75) is 38.4 Å². The normalized spacial score (nSPS) is 17.4. The molecule has 0 N–H and O–H groups in total. The number of rotatable bonds is 4. The van der Waals surface area contributed by atoms with Gasteiger partial charge >= 0.3 is 5.97 Å². The van der Waals surface area contributed by atoms with Crippen LogP contribution in [-0.4, -0.2) is 36.6 Å². The molecule has 1 aromatic carbocycles. The number of benzene rings is 1. The third kappa shape index (κ3) is 3.46. The lowest BCUT2D eigenvalue weighted by Gasteiger charge is -2.24. The van der Waals surface area contributed by atoms with Gasteiger partial charge in [-0.2, -0.15) is 0 Å². The van der Waals surface area contributed by atoms with Crippen LogP contribution in [0, 0.1) is 11.8 Å². The largest absolute Gasteiger partial charge is 0.456 e. The van der Waals surface area contributed by atoms with Crippen molar-refractivity contribution in [3.63, 3.8) is 0 Å². The van der Waals surface area contributed by atoms with Gasteiger partial charge in [0.15, 0.2) is 17.9 Å². The summed E-state index contributed by atoms with van der Waals surface area (Å²) >= 11 is 0. The molecule has 1 aliphatic carbocycles. The van der Waals surface area contributed by atoms with Gasteiger partial charge in [0.1, 0.15) is 0 Å². The van der Waals surface area contributed by atoms with Crippen LogP contribution in [0.25, 0.3) is 0 Å². The van der Waals surface area contributed by atoms with Gasteiger partial charge in [0, 0.05) is 29.4 Å². The molecule has 0 bridgehead atoms. The van der Waals surface area contributed by atoms with Gasteiger partial charge in [0.05, 0.1) is 26.0 Å². The standard InChI is InChI=1S/C22H21NO6/c1-3-26-19(24)7-4-14(2)15-5-6-17-16(8-9-22(17)28-10-11-29-22)20(15)21(25)18-12-23-13-27-18/h5-6,12-14H,3,8-11H2,1-2H3. The first-order chi connectivity index (χ1) is 14.1. The Morgan fingerprint density at radius 2 is 2.10 bits per heavy atom. The fourth-order valence-corrected chi connectivity index (χ4v) is 3.95. The maximum atomic E-state index is 13.3. The number of oxazole rings is 1. The first kappa shape index (κ1) is 19.4. The summed E-state index contributed by atoms with van der Waals surface area (Å²) in [5.41, 5.74) is 2.97. The Hall–Kier alpha value is -2.95. The van der Waals surface area contributed by atoms with Crippen LogP contribution >= 0.6 is 0 Å². The summed E-state index contributed by atoms with van der Waals surface area (Å²) in [7, 11) is 0. The van der Waals surface area contributed by atoms with Crippen molar-refractivity contribution in [3.8, 4) is 11.8 Å². The molecule has 2 aromatic rings. The first-order valence-electron chi connectivity index (χ1n) is 9.61. The minimum Gasteiger partial charge on any atom is -0.456 e. The average molecular weight is 395 g/mol. The van der Waals surface area contributed by atoms with Gasteiger partial charge in [0.25, 0.3) is 0 Å². The predicted octanol–water partition coefficient (Wildman–Crippen LogP) is 2.72. The van der Waals surface area contributed by atoms with Crippen molar-refractivity contribution in [2.75, 3.05) is 19.8 Å². The van der Waals surface area contributed by atoms with Gasteiger partial charge in [-0.1, -0.05) is 18.1 Å². The van der Waals surface area contributed by atoms with Gasteiger partial charge in [0.2, 0.25) is 5.78 Å². The maximum Gasteiger partial charge on any atom is 0.384 e. The van der Waals surface area contributed by atoms with E-state index in [4.69, 9.17) is 18.6 Å². The molecule has 150 valence electrons. The lowest BCUT2D eigenvalue weighted by atomic mass is 9.87. The van der Waals surface area contributed by atoms with E-state index in [-0.39, 0.29) is 24.1 Å². The highest BCUT2D eigenvalue weighted by Crippen LogP contribution is 2.46. The second-order valence-corrected chi connectivity index (χ2v) is 6.91. The molecule has 2 aliphatic rings. The van der Waals surface area contributed by atoms with Crippen molar-refractivity contribution in [1.29, 1.82) is 0 Å². The second kappa shape index (κ2) is 7.82. The third-order valence-electron chi connectivity index (χ3n) is 5.23.